The summed E-state index contributed by atoms with van der Waals surface area (Å²) in [5, 5.41) is 10.9. The minimum atomic E-state index is -0.575. The van der Waals surface area contributed by atoms with Crippen LogP contribution in [0.15, 0.2) is 53.9 Å². The number of ether oxygens (including phenoxy) is 2. The van der Waals surface area contributed by atoms with Gasteiger partial charge in [-0.3, -0.25) is 14.8 Å². The van der Waals surface area contributed by atoms with Crippen LogP contribution in [0.2, 0.25) is 0 Å². The fraction of sp³-hybridized carbons (Fsp3) is 0.200. The van der Waals surface area contributed by atoms with Crippen molar-refractivity contribution in [3.63, 3.8) is 0 Å². The molecule has 0 radical (unpaired) electrons. The molecule has 170 valence electrons. The average Bonchev–Trinajstić information content (AvgIpc) is 3.40. The van der Waals surface area contributed by atoms with Crippen LogP contribution in [0.3, 0.4) is 0 Å². The van der Waals surface area contributed by atoms with Gasteiger partial charge in [-0.05, 0) is 64.9 Å². The van der Waals surface area contributed by atoms with Crippen molar-refractivity contribution < 1.29 is 24.3 Å². The minimum absolute atomic E-state index is 0.0881. The van der Waals surface area contributed by atoms with Gasteiger partial charge in [-0.15, -0.1) is 11.3 Å². The number of nitrogens with one attached hydrogen (secondary N) is 1. The van der Waals surface area contributed by atoms with Gasteiger partial charge in [-0.2, -0.15) is 0 Å². The third-order valence-corrected chi connectivity index (χ3v) is 6.51. The molecule has 4 rings (SSSR count). The van der Waals surface area contributed by atoms with Crippen LogP contribution in [0.25, 0.3) is 11.6 Å². The van der Waals surface area contributed by atoms with Gasteiger partial charge < -0.3 is 14.4 Å². The van der Waals surface area contributed by atoms with E-state index in [4.69, 9.17) is 14.7 Å². The van der Waals surface area contributed by atoms with Gasteiger partial charge in [0.2, 0.25) is 0 Å². The lowest BCUT2D eigenvalue weighted by Gasteiger charge is -2.30. The summed E-state index contributed by atoms with van der Waals surface area (Å²) in [7, 11) is 3.16. The van der Waals surface area contributed by atoms with Crippen molar-refractivity contribution >= 4 is 34.8 Å². The molecule has 1 aliphatic heterocycles. The standard InChI is InChI=1S/C25H24N2O5S/c1-31-21-8-5-16(13-22(21)32-2)12-20(23-4-3-11-33-23)25(29)27-10-9-17-6-7-18(24(28)26-30)14-19(17)15-27/h3-8,11-14,30H,9-10,15H2,1-2H3,(H,26,28). The summed E-state index contributed by atoms with van der Waals surface area (Å²) in [6.07, 6.45) is 2.55. The van der Waals surface area contributed by atoms with Gasteiger partial charge in [0.1, 0.15) is 0 Å². The van der Waals surface area contributed by atoms with E-state index in [-0.39, 0.29) is 5.91 Å². The van der Waals surface area contributed by atoms with E-state index in [1.54, 1.807) is 36.7 Å². The van der Waals surface area contributed by atoms with Crippen LogP contribution in [-0.4, -0.2) is 42.7 Å². The van der Waals surface area contributed by atoms with E-state index in [1.807, 2.05) is 47.9 Å². The largest absolute Gasteiger partial charge is 0.493 e. The van der Waals surface area contributed by atoms with Crippen LogP contribution in [0.5, 0.6) is 11.5 Å². The molecule has 0 spiro atoms. The molecule has 0 fully saturated rings. The number of hydroxylamine groups is 1. The highest BCUT2D eigenvalue weighted by molar-refractivity contribution is 7.11. The highest BCUT2D eigenvalue weighted by atomic mass is 32.1. The van der Waals surface area contributed by atoms with Crippen LogP contribution < -0.4 is 15.0 Å². The Bertz CT molecular complexity index is 1200. The maximum atomic E-state index is 13.7. The smallest absolute Gasteiger partial charge is 0.274 e. The summed E-state index contributed by atoms with van der Waals surface area (Å²) in [5.41, 5.74) is 5.41. The van der Waals surface area contributed by atoms with Gasteiger partial charge in [0.05, 0.1) is 19.8 Å². The van der Waals surface area contributed by atoms with E-state index in [1.165, 1.54) is 11.3 Å². The predicted octanol–water partition coefficient (Wildman–Crippen LogP) is 4.01. The molecule has 2 amide bonds. The van der Waals surface area contributed by atoms with Crippen molar-refractivity contribution in [2.24, 2.45) is 0 Å². The lowest BCUT2D eigenvalue weighted by atomic mass is 9.96. The molecule has 7 nitrogen and oxygen atoms in total. The normalized spacial score (nSPS) is 13.3. The molecule has 0 saturated carbocycles. The molecule has 33 heavy (non-hydrogen) atoms. The molecule has 0 bridgehead atoms. The zero-order valence-corrected chi connectivity index (χ0v) is 19.1. The van der Waals surface area contributed by atoms with Crippen LogP contribution in [-0.2, 0) is 17.8 Å². The Kier molecular flexibility index (Phi) is 6.76. The molecule has 0 unspecified atom stereocenters. The number of carbonyl (C=O) groups excluding carboxylic acids is 2. The Morgan fingerprint density at radius 3 is 2.58 bits per heavy atom. The van der Waals surface area contributed by atoms with Crippen LogP contribution in [0.1, 0.15) is 31.9 Å². The number of amides is 2. The molecule has 0 aliphatic carbocycles. The highest BCUT2D eigenvalue weighted by Crippen LogP contribution is 2.32. The average molecular weight is 465 g/mol. The van der Waals surface area contributed by atoms with Crippen LogP contribution in [0, 0.1) is 0 Å². The van der Waals surface area contributed by atoms with Crippen molar-refractivity contribution in [1.29, 1.82) is 0 Å². The van der Waals surface area contributed by atoms with Gasteiger partial charge in [0.25, 0.3) is 11.8 Å². The first kappa shape index (κ1) is 22.6. The number of rotatable bonds is 6. The molecular formula is C25H24N2O5S. The van der Waals surface area contributed by atoms with Gasteiger partial charge in [0, 0.05) is 23.5 Å². The Hall–Kier alpha value is -3.62. The summed E-state index contributed by atoms with van der Waals surface area (Å²) in [4.78, 5) is 28.1. The third-order valence-electron chi connectivity index (χ3n) is 5.61. The highest BCUT2D eigenvalue weighted by Gasteiger charge is 2.25. The van der Waals surface area contributed by atoms with Crippen molar-refractivity contribution in [1.82, 2.24) is 10.4 Å². The lowest BCUT2D eigenvalue weighted by Crippen LogP contribution is -2.36. The van der Waals surface area contributed by atoms with E-state index in [9.17, 15) is 9.59 Å². The molecule has 0 atom stereocenters. The monoisotopic (exact) mass is 464 g/mol. The van der Waals surface area contributed by atoms with E-state index < -0.39 is 5.91 Å². The van der Waals surface area contributed by atoms with Gasteiger partial charge in [-0.1, -0.05) is 18.2 Å². The lowest BCUT2D eigenvalue weighted by molar-refractivity contribution is -0.125. The molecule has 1 aliphatic rings. The zero-order chi connectivity index (χ0) is 23.4. The van der Waals surface area contributed by atoms with Crippen molar-refractivity contribution in [3.05, 3.63) is 81.0 Å². The Morgan fingerprint density at radius 1 is 1.06 bits per heavy atom. The maximum absolute atomic E-state index is 13.7. The molecule has 2 heterocycles. The quantitative estimate of drug-likeness (QED) is 0.327. The topological polar surface area (TPSA) is 88.1 Å². The number of hydrogen-bond donors (Lipinski definition) is 2. The predicted molar refractivity (Wildman–Crippen MR) is 127 cm³/mol. The number of hydrogen-bond acceptors (Lipinski definition) is 6. The Morgan fingerprint density at radius 2 is 1.88 bits per heavy atom. The third kappa shape index (κ3) is 4.76. The van der Waals surface area contributed by atoms with Crippen molar-refractivity contribution in [2.75, 3.05) is 20.8 Å². The SMILES string of the molecule is COc1ccc(C=C(C(=O)N2CCc3ccc(C(=O)NO)cc3C2)c2cccs2)cc1OC. The van der Waals surface area contributed by atoms with Crippen molar-refractivity contribution in [2.45, 2.75) is 13.0 Å². The second kappa shape index (κ2) is 9.89. The molecule has 2 N–H and O–H groups in total. The number of benzene rings is 2. The van der Waals surface area contributed by atoms with Gasteiger partial charge >= 0.3 is 0 Å². The fourth-order valence-electron chi connectivity index (χ4n) is 3.89. The first-order valence-electron chi connectivity index (χ1n) is 10.4. The molecule has 8 heteroatoms. The number of nitrogens with zero attached hydrogens (tertiary/aromatic N) is 1. The summed E-state index contributed by atoms with van der Waals surface area (Å²) in [6.45, 7) is 0.960. The Labute approximate surface area is 195 Å². The van der Waals surface area contributed by atoms with E-state index >= 15 is 0 Å². The zero-order valence-electron chi connectivity index (χ0n) is 18.3. The maximum Gasteiger partial charge on any atom is 0.274 e. The molecule has 3 aromatic rings. The summed E-state index contributed by atoms with van der Waals surface area (Å²) >= 11 is 1.50. The fourth-order valence-corrected chi connectivity index (χ4v) is 4.62. The van der Waals surface area contributed by atoms with E-state index in [0.29, 0.717) is 42.1 Å². The number of fused-ring (bicyclic) bond motifs is 1. The summed E-state index contributed by atoms with van der Waals surface area (Å²) in [6, 6.07) is 14.7. The molecular weight excluding hydrogens is 440 g/mol. The van der Waals surface area contributed by atoms with E-state index in [0.717, 1.165) is 21.6 Å². The van der Waals surface area contributed by atoms with Gasteiger partial charge in [-0.25, -0.2) is 5.48 Å². The molecule has 0 saturated heterocycles. The number of methoxy groups -OCH3 is 2. The second-order valence-corrected chi connectivity index (χ2v) is 8.50. The van der Waals surface area contributed by atoms with Crippen LogP contribution >= 0.6 is 11.3 Å². The first-order chi connectivity index (χ1) is 16.0. The molecule has 2 aromatic carbocycles. The molecule has 1 aromatic heterocycles. The summed E-state index contributed by atoms with van der Waals surface area (Å²) in [5.74, 6) is 0.545. The van der Waals surface area contributed by atoms with Crippen LogP contribution in [0.4, 0.5) is 0 Å². The number of thiophene rings is 1. The first-order valence-corrected chi connectivity index (χ1v) is 11.2. The van der Waals surface area contributed by atoms with Crippen molar-refractivity contribution in [3.8, 4) is 11.5 Å². The minimum Gasteiger partial charge on any atom is -0.493 e. The Balaban J connectivity index is 1.66. The van der Waals surface area contributed by atoms with Gasteiger partial charge in [0.15, 0.2) is 11.5 Å². The second-order valence-electron chi connectivity index (χ2n) is 7.55. The summed E-state index contributed by atoms with van der Waals surface area (Å²) < 4.78 is 10.7. The van der Waals surface area contributed by atoms with E-state index in [2.05, 4.69) is 0 Å². The number of carbonyl (C=O) groups is 2.